The van der Waals surface area contributed by atoms with Crippen molar-refractivity contribution < 1.29 is 18.7 Å². The highest BCUT2D eigenvalue weighted by molar-refractivity contribution is 5.76. The zero-order valence-electron chi connectivity index (χ0n) is 15.4. The molecule has 0 atom stereocenters. The van der Waals surface area contributed by atoms with Crippen LogP contribution in [0.2, 0.25) is 0 Å². The molecule has 0 unspecified atom stereocenters. The molecule has 6 heteroatoms. The van der Waals surface area contributed by atoms with Crippen molar-refractivity contribution in [3.8, 4) is 22.8 Å². The molecule has 27 heavy (non-hydrogen) atoms. The zero-order chi connectivity index (χ0) is 19.1. The van der Waals surface area contributed by atoms with Gasteiger partial charge in [0.25, 0.3) is 0 Å². The number of carbonyl (C=O) groups is 1. The molecule has 0 fully saturated rings. The van der Waals surface area contributed by atoms with Gasteiger partial charge in [-0.25, -0.2) is 4.98 Å². The smallest absolute Gasteiger partial charge is 0.220 e. The van der Waals surface area contributed by atoms with Crippen LogP contribution < -0.4 is 14.8 Å². The lowest BCUT2D eigenvalue weighted by molar-refractivity contribution is -0.121. The molecule has 1 heterocycles. The second-order valence-electron chi connectivity index (χ2n) is 5.91. The van der Waals surface area contributed by atoms with Crippen LogP contribution in [0.1, 0.15) is 17.9 Å². The molecule has 0 radical (unpaired) electrons. The van der Waals surface area contributed by atoms with Gasteiger partial charge in [-0.3, -0.25) is 4.79 Å². The topological polar surface area (TPSA) is 73.6 Å². The van der Waals surface area contributed by atoms with E-state index in [0.717, 1.165) is 11.1 Å². The number of hydrogen-bond donors (Lipinski definition) is 1. The number of ether oxygens (including phenoxy) is 2. The van der Waals surface area contributed by atoms with Crippen molar-refractivity contribution in [2.24, 2.45) is 0 Å². The van der Waals surface area contributed by atoms with Crippen molar-refractivity contribution in [3.05, 3.63) is 66.2 Å². The minimum Gasteiger partial charge on any atom is -0.493 e. The van der Waals surface area contributed by atoms with Gasteiger partial charge in [-0.05, 0) is 6.07 Å². The standard InChI is InChI=1S/C21H22N2O4/c1-25-17-10-6-9-16(21(17)26-2)13-22-19(24)11-12-20-23-14-18(27-20)15-7-4-3-5-8-15/h3-10,14H,11-13H2,1-2H3,(H,22,24). The largest absolute Gasteiger partial charge is 0.493 e. The van der Waals surface area contributed by atoms with Crippen molar-refractivity contribution >= 4 is 5.91 Å². The molecule has 140 valence electrons. The van der Waals surface area contributed by atoms with E-state index < -0.39 is 0 Å². The Balaban J connectivity index is 1.53. The van der Waals surface area contributed by atoms with Crippen molar-refractivity contribution in [2.45, 2.75) is 19.4 Å². The van der Waals surface area contributed by atoms with E-state index in [1.807, 2.05) is 48.5 Å². The monoisotopic (exact) mass is 366 g/mol. The molecule has 0 saturated heterocycles. The predicted molar refractivity (Wildman–Crippen MR) is 102 cm³/mol. The fourth-order valence-electron chi connectivity index (χ4n) is 2.76. The summed E-state index contributed by atoms with van der Waals surface area (Å²) in [6, 6.07) is 15.3. The first-order valence-electron chi connectivity index (χ1n) is 8.68. The first kappa shape index (κ1) is 18.5. The molecule has 0 saturated carbocycles. The van der Waals surface area contributed by atoms with Crippen LogP contribution in [0.3, 0.4) is 0 Å². The summed E-state index contributed by atoms with van der Waals surface area (Å²) in [4.78, 5) is 16.4. The van der Waals surface area contributed by atoms with Crippen molar-refractivity contribution in [1.29, 1.82) is 0 Å². The number of aryl methyl sites for hydroxylation is 1. The molecule has 0 aliphatic carbocycles. The maximum absolute atomic E-state index is 12.2. The maximum Gasteiger partial charge on any atom is 0.220 e. The lowest BCUT2D eigenvalue weighted by Crippen LogP contribution is -2.23. The Morgan fingerprint density at radius 3 is 2.63 bits per heavy atom. The van der Waals surface area contributed by atoms with E-state index in [1.54, 1.807) is 20.4 Å². The molecule has 1 aromatic heterocycles. The summed E-state index contributed by atoms with van der Waals surface area (Å²) in [6.07, 6.45) is 2.42. The number of nitrogens with zero attached hydrogens (tertiary/aromatic N) is 1. The Kier molecular flexibility index (Phi) is 6.10. The Labute approximate surface area is 158 Å². The molecule has 3 aromatic rings. The number of hydrogen-bond acceptors (Lipinski definition) is 5. The van der Waals surface area contributed by atoms with Gasteiger partial charge in [-0.2, -0.15) is 0 Å². The molecule has 6 nitrogen and oxygen atoms in total. The molecule has 0 spiro atoms. The average molecular weight is 366 g/mol. The Morgan fingerprint density at radius 1 is 1.07 bits per heavy atom. The van der Waals surface area contributed by atoms with E-state index in [1.165, 1.54) is 0 Å². The highest BCUT2D eigenvalue weighted by Gasteiger charge is 2.12. The normalized spacial score (nSPS) is 10.4. The van der Waals surface area contributed by atoms with E-state index in [-0.39, 0.29) is 5.91 Å². The van der Waals surface area contributed by atoms with Gasteiger partial charge in [-0.1, -0.05) is 42.5 Å². The van der Waals surface area contributed by atoms with Gasteiger partial charge in [0.05, 0.1) is 20.4 Å². The summed E-state index contributed by atoms with van der Waals surface area (Å²) in [6.45, 7) is 0.361. The molecule has 1 N–H and O–H groups in total. The molecular formula is C21H22N2O4. The van der Waals surface area contributed by atoms with Crippen LogP contribution >= 0.6 is 0 Å². The number of para-hydroxylation sites is 1. The Hall–Kier alpha value is -3.28. The third-order valence-corrected chi connectivity index (χ3v) is 4.14. The fourth-order valence-corrected chi connectivity index (χ4v) is 2.76. The van der Waals surface area contributed by atoms with E-state index in [0.29, 0.717) is 42.5 Å². The molecular weight excluding hydrogens is 344 g/mol. The molecule has 0 aliphatic heterocycles. The third-order valence-electron chi connectivity index (χ3n) is 4.14. The van der Waals surface area contributed by atoms with Crippen LogP contribution in [0.15, 0.2) is 59.1 Å². The number of carbonyl (C=O) groups excluding carboxylic acids is 1. The third kappa shape index (κ3) is 4.67. The van der Waals surface area contributed by atoms with Crippen LogP contribution in [0, 0.1) is 0 Å². The number of rotatable bonds is 8. The number of methoxy groups -OCH3 is 2. The maximum atomic E-state index is 12.2. The van der Waals surface area contributed by atoms with E-state index >= 15 is 0 Å². The van der Waals surface area contributed by atoms with Gasteiger partial charge in [0.1, 0.15) is 0 Å². The SMILES string of the molecule is COc1cccc(CNC(=O)CCc2ncc(-c3ccccc3)o2)c1OC. The van der Waals surface area contributed by atoms with E-state index in [9.17, 15) is 4.79 Å². The summed E-state index contributed by atoms with van der Waals surface area (Å²) in [5.74, 6) is 2.42. The van der Waals surface area contributed by atoms with Crippen molar-refractivity contribution in [1.82, 2.24) is 10.3 Å². The molecule has 1 amide bonds. The number of oxazole rings is 1. The highest BCUT2D eigenvalue weighted by atomic mass is 16.5. The van der Waals surface area contributed by atoms with Crippen molar-refractivity contribution in [3.63, 3.8) is 0 Å². The summed E-state index contributed by atoms with van der Waals surface area (Å²) >= 11 is 0. The van der Waals surface area contributed by atoms with Gasteiger partial charge in [0.15, 0.2) is 23.1 Å². The van der Waals surface area contributed by atoms with Crippen LogP contribution in [0.5, 0.6) is 11.5 Å². The lowest BCUT2D eigenvalue weighted by Gasteiger charge is -2.13. The van der Waals surface area contributed by atoms with Crippen LogP contribution in [0.25, 0.3) is 11.3 Å². The van der Waals surface area contributed by atoms with Gasteiger partial charge in [-0.15, -0.1) is 0 Å². The van der Waals surface area contributed by atoms with Crippen LogP contribution in [-0.2, 0) is 17.8 Å². The van der Waals surface area contributed by atoms with E-state index in [4.69, 9.17) is 13.9 Å². The summed E-state index contributed by atoms with van der Waals surface area (Å²) in [7, 11) is 3.16. The molecule has 2 aromatic carbocycles. The average Bonchev–Trinajstić information content (AvgIpc) is 3.20. The van der Waals surface area contributed by atoms with Crippen molar-refractivity contribution in [2.75, 3.05) is 14.2 Å². The first-order chi connectivity index (χ1) is 13.2. The van der Waals surface area contributed by atoms with E-state index in [2.05, 4.69) is 10.3 Å². The van der Waals surface area contributed by atoms with Gasteiger partial charge >= 0.3 is 0 Å². The Bertz CT molecular complexity index is 890. The van der Waals surface area contributed by atoms with Gasteiger partial charge in [0.2, 0.25) is 5.91 Å². The number of aromatic nitrogens is 1. The summed E-state index contributed by atoms with van der Waals surface area (Å²) < 4.78 is 16.4. The lowest BCUT2D eigenvalue weighted by atomic mass is 10.1. The zero-order valence-corrected chi connectivity index (χ0v) is 15.4. The second kappa shape index (κ2) is 8.89. The summed E-state index contributed by atoms with van der Waals surface area (Å²) in [5.41, 5.74) is 1.82. The fraction of sp³-hybridized carbons (Fsp3) is 0.238. The molecule has 3 rings (SSSR count). The van der Waals surface area contributed by atoms with Crippen LogP contribution in [-0.4, -0.2) is 25.1 Å². The molecule has 0 bridgehead atoms. The van der Waals surface area contributed by atoms with Crippen LogP contribution in [0.4, 0.5) is 0 Å². The minimum absolute atomic E-state index is 0.0839. The Morgan fingerprint density at radius 2 is 1.89 bits per heavy atom. The van der Waals surface area contributed by atoms with Gasteiger partial charge < -0.3 is 19.2 Å². The predicted octanol–water partition coefficient (Wildman–Crippen LogP) is 3.61. The quantitative estimate of drug-likeness (QED) is 0.659. The highest BCUT2D eigenvalue weighted by Crippen LogP contribution is 2.30. The molecule has 0 aliphatic rings. The number of benzene rings is 2. The number of amides is 1. The second-order valence-corrected chi connectivity index (χ2v) is 5.91. The summed E-state index contributed by atoms with van der Waals surface area (Å²) in [5, 5.41) is 2.89. The number of nitrogens with one attached hydrogen (secondary N) is 1. The first-order valence-corrected chi connectivity index (χ1v) is 8.68. The van der Waals surface area contributed by atoms with Gasteiger partial charge in [0, 0.05) is 30.5 Å². The minimum atomic E-state index is -0.0839.